The van der Waals surface area contributed by atoms with Gasteiger partial charge in [-0.05, 0) is 19.3 Å². The van der Waals surface area contributed by atoms with E-state index >= 15 is 0 Å². The second kappa shape index (κ2) is 5.53. The lowest BCUT2D eigenvalue weighted by atomic mass is 9.92. The minimum absolute atomic E-state index is 0.154. The Balaban J connectivity index is 2.02. The van der Waals surface area contributed by atoms with Crippen LogP contribution >= 0.6 is 0 Å². The Hall–Kier alpha value is -0.770. The molecule has 0 bridgehead atoms. The molecule has 1 atom stereocenters. The SMILES string of the molecule is O=C1OCCC(CCO)N1C1CCCCC1. The molecule has 2 aliphatic rings. The number of nitrogens with zero attached hydrogens (tertiary/aromatic N) is 1. The monoisotopic (exact) mass is 227 g/mol. The summed E-state index contributed by atoms with van der Waals surface area (Å²) < 4.78 is 5.13. The van der Waals surface area contributed by atoms with Gasteiger partial charge in [0, 0.05) is 25.1 Å². The van der Waals surface area contributed by atoms with Crippen LogP contribution in [0.1, 0.15) is 44.9 Å². The van der Waals surface area contributed by atoms with E-state index in [1.807, 2.05) is 4.90 Å². The molecule has 2 rings (SSSR count). The molecule has 0 aromatic rings. The molecule has 1 heterocycles. The molecule has 1 aliphatic carbocycles. The van der Waals surface area contributed by atoms with Crippen LogP contribution < -0.4 is 0 Å². The summed E-state index contributed by atoms with van der Waals surface area (Å²) in [5, 5.41) is 9.04. The number of rotatable bonds is 3. The van der Waals surface area contributed by atoms with Gasteiger partial charge in [-0.2, -0.15) is 0 Å². The zero-order chi connectivity index (χ0) is 11.4. The molecule has 1 aliphatic heterocycles. The first-order chi connectivity index (χ1) is 7.83. The van der Waals surface area contributed by atoms with Crippen LogP contribution in [-0.2, 0) is 4.74 Å². The summed E-state index contributed by atoms with van der Waals surface area (Å²) in [6, 6.07) is 0.535. The molecule has 1 saturated carbocycles. The quantitative estimate of drug-likeness (QED) is 0.801. The van der Waals surface area contributed by atoms with Crippen LogP contribution in [-0.4, -0.2) is 41.4 Å². The molecule has 4 heteroatoms. The van der Waals surface area contributed by atoms with E-state index in [9.17, 15) is 4.79 Å². The molecule has 1 amide bonds. The summed E-state index contributed by atoms with van der Waals surface area (Å²) in [7, 11) is 0. The van der Waals surface area contributed by atoms with Gasteiger partial charge in [-0.25, -0.2) is 4.79 Å². The highest BCUT2D eigenvalue weighted by Crippen LogP contribution is 2.28. The van der Waals surface area contributed by atoms with Crippen LogP contribution in [0.4, 0.5) is 4.79 Å². The Kier molecular flexibility index (Phi) is 4.04. The molecule has 16 heavy (non-hydrogen) atoms. The lowest BCUT2D eigenvalue weighted by Crippen LogP contribution is -2.52. The fourth-order valence-electron chi connectivity index (χ4n) is 2.88. The van der Waals surface area contributed by atoms with Crippen molar-refractivity contribution >= 4 is 6.09 Å². The van der Waals surface area contributed by atoms with E-state index in [0.717, 1.165) is 19.3 Å². The summed E-state index contributed by atoms with van der Waals surface area (Å²) in [5.74, 6) is 0. The molecule has 0 aromatic heterocycles. The second-order valence-corrected chi connectivity index (χ2v) is 4.77. The zero-order valence-electron chi connectivity index (χ0n) is 9.73. The molecule has 1 N–H and O–H groups in total. The van der Waals surface area contributed by atoms with Crippen molar-refractivity contribution in [3.63, 3.8) is 0 Å². The summed E-state index contributed by atoms with van der Waals surface area (Å²) >= 11 is 0. The van der Waals surface area contributed by atoms with Crippen molar-refractivity contribution in [1.82, 2.24) is 4.90 Å². The number of hydrogen-bond donors (Lipinski definition) is 1. The van der Waals surface area contributed by atoms with Gasteiger partial charge in [0.05, 0.1) is 6.61 Å². The predicted octanol–water partition coefficient (Wildman–Crippen LogP) is 1.91. The molecule has 0 spiro atoms. The number of aliphatic hydroxyl groups is 1. The van der Waals surface area contributed by atoms with Crippen molar-refractivity contribution < 1.29 is 14.6 Å². The Labute approximate surface area is 96.6 Å². The third kappa shape index (κ3) is 2.48. The number of aliphatic hydroxyl groups excluding tert-OH is 1. The van der Waals surface area contributed by atoms with Gasteiger partial charge in [0.2, 0.25) is 0 Å². The van der Waals surface area contributed by atoms with Crippen molar-refractivity contribution in [2.75, 3.05) is 13.2 Å². The Morgan fingerprint density at radius 2 is 2.00 bits per heavy atom. The van der Waals surface area contributed by atoms with Gasteiger partial charge < -0.3 is 14.7 Å². The van der Waals surface area contributed by atoms with Crippen molar-refractivity contribution in [1.29, 1.82) is 0 Å². The van der Waals surface area contributed by atoms with Crippen LogP contribution in [0.25, 0.3) is 0 Å². The van der Waals surface area contributed by atoms with E-state index in [1.165, 1.54) is 19.3 Å². The highest BCUT2D eigenvalue weighted by atomic mass is 16.6. The average Bonchev–Trinajstić information content (AvgIpc) is 2.31. The number of carbonyl (C=O) groups excluding carboxylic acids is 1. The number of amides is 1. The van der Waals surface area contributed by atoms with Crippen LogP contribution in [0.2, 0.25) is 0 Å². The molecule has 0 aromatic carbocycles. The van der Waals surface area contributed by atoms with E-state index < -0.39 is 0 Å². The van der Waals surface area contributed by atoms with E-state index in [2.05, 4.69) is 0 Å². The van der Waals surface area contributed by atoms with Crippen LogP contribution in [0.15, 0.2) is 0 Å². The van der Waals surface area contributed by atoms with Crippen molar-refractivity contribution in [2.24, 2.45) is 0 Å². The van der Waals surface area contributed by atoms with Gasteiger partial charge >= 0.3 is 6.09 Å². The zero-order valence-corrected chi connectivity index (χ0v) is 9.73. The summed E-state index contributed by atoms with van der Waals surface area (Å²) in [6.07, 6.45) is 7.27. The van der Waals surface area contributed by atoms with Crippen LogP contribution in [0.3, 0.4) is 0 Å². The maximum atomic E-state index is 11.8. The van der Waals surface area contributed by atoms with E-state index in [1.54, 1.807) is 0 Å². The molecule has 4 nitrogen and oxygen atoms in total. The minimum Gasteiger partial charge on any atom is -0.449 e. The highest BCUT2D eigenvalue weighted by Gasteiger charge is 2.35. The normalized spacial score (nSPS) is 27.9. The smallest absolute Gasteiger partial charge is 0.410 e. The Bertz CT molecular complexity index is 228. The van der Waals surface area contributed by atoms with E-state index in [0.29, 0.717) is 19.1 Å². The summed E-state index contributed by atoms with van der Waals surface area (Å²) in [5.41, 5.74) is 0. The van der Waals surface area contributed by atoms with Gasteiger partial charge in [-0.1, -0.05) is 19.3 Å². The van der Waals surface area contributed by atoms with E-state index in [4.69, 9.17) is 9.84 Å². The molecule has 0 radical (unpaired) electrons. The molecule has 1 unspecified atom stereocenters. The minimum atomic E-state index is -0.170. The highest BCUT2D eigenvalue weighted by molar-refractivity contribution is 5.69. The van der Waals surface area contributed by atoms with Crippen molar-refractivity contribution in [2.45, 2.75) is 57.0 Å². The van der Waals surface area contributed by atoms with Crippen molar-refractivity contribution in [3.8, 4) is 0 Å². The Morgan fingerprint density at radius 1 is 1.25 bits per heavy atom. The third-order valence-corrected chi connectivity index (χ3v) is 3.71. The molecular weight excluding hydrogens is 206 g/mol. The molecule has 2 fully saturated rings. The van der Waals surface area contributed by atoms with Crippen LogP contribution in [0.5, 0.6) is 0 Å². The average molecular weight is 227 g/mol. The lowest BCUT2D eigenvalue weighted by molar-refractivity contribution is 0.00893. The summed E-state index contributed by atoms with van der Waals surface area (Å²) in [4.78, 5) is 13.7. The number of hydrogen-bond acceptors (Lipinski definition) is 3. The number of ether oxygens (including phenoxy) is 1. The van der Waals surface area contributed by atoms with Gasteiger partial charge in [0.15, 0.2) is 0 Å². The first-order valence-corrected chi connectivity index (χ1v) is 6.39. The lowest BCUT2D eigenvalue weighted by Gasteiger charge is -2.41. The standard InChI is InChI=1S/C12H21NO3/c14-8-6-11-7-9-16-12(15)13(11)10-4-2-1-3-5-10/h10-11,14H,1-9H2. The maximum Gasteiger partial charge on any atom is 0.410 e. The second-order valence-electron chi connectivity index (χ2n) is 4.77. The van der Waals surface area contributed by atoms with Gasteiger partial charge in [0.25, 0.3) is 0 Å². The number of cyclic esters (lactones) is 1. The largest absolute Gasteiger partial charge is 0.449 e. The first kappa shape index (κ1) is 11.7. The molecular formula is C12H21NO3. The molecule has 1 saturated heterocycles. The van der Waals surface area contributed by atoms with Crippen molar-refractivity contribution in [3.05, 3.63) is 0 Å². The topological polar surface area (TPSA) is 49.8 Å². The predicted molar refractivity (Wildman–Crippen MR) is 60.2 cm³/mol. The van der Waals surface area contributed by atoms with Gasteiger partial charge in [-0.3, -0.25) is 0 Å². The van der Waals surface area contributed by atoms with Gasteiger partial charge in [0.1, 0.15) is 0 Å². The van der Waals surface area contributed by atoms with Crippen LogP contribution in [0, 0.1) is 0 Å². The first-order valence-electron chi connectivity index (χ1n) is 6.39. The summed E-state index contributed by atoms with van der Waals surface area (Å²) in [6.45, 7) is 0.661. The Morgan fingerprint density at radius 3 is 2.69 bits per heavy atom. The number of carbonyl (C=O) groups is 1. The fourth-order valence-corrected chi connectivity index (χ4v) is 2.88. The van der Waals surface area contributed by atoms with Gasteiger partial charge in [-0.15, -0.1) is 0 Å². The fraction of sp³-hybridized carbons (Fsp3) is 0.917. The third-order valence-electron chi connectivity index (χ3n) is 3.71. The molecule has 92 valence electrons. The maximum absolute atomic E-state index is 11.8. The van der Waals surface area contributed by atoms with E-state index in [-0.39, 0.29) is 18.7 Å².